The molecule has 25 nitrogen and oxygen atoms in total. The van der Waals surface area contributed by atoms with Crippen LogP contribution in [0.3, 0.4) is 0 Å². The molecule has 5 heterocycles. The average Bonchev–Trinajstić information content (AvgIpc) is 3.50. The number of hydrogen-bond acceptors (Lipinski definition) is 14. The van der Waals surface area contributed by atoms with E-state index in [4.69, 9.17) is 5.73 Å². The number of nitrogens with two attached hydrogens (primary N) is 1. The van der Waals surface area contributed by atoms with Crippen molar-refractivity contribution in [3.05, 3.63) is 206 Å². The van der Waals surface area contributed by atoms with Crippen LogP contribution < -0.4 is 70.0 Å². The van der Waals surface area contributed by atoms with Crippen LogP contribution in [0, 0.1) is 0 Å². The Bertz CT molecular complexity index is 3510. The van der Waals surface area contributed by atoms with Gasteiger partial charge in [-0.05, 0) is 69.3 Å². The second kappa shape index (κ2) is 32.2. The lowest BCUT2D eigenvalue weighted by Gasteiger charge is -2.14. The Kier molecular flexibility index (Phi) is 24.5. The lowest BCUT2D eigenvalue weighted by molar-refractivity contribution is 0.0697. The molecule has 0 aliphatic heterocycles. The quantitative estimate of drug-likeness (QED) is 0.0430. The molecule has 8 rings (SSSR count). The molecule has 8 aromatic rings. The number of pyridine rings is 5. The van der Waals surface area contributed by atoms with Crippen molar-refractivity contribution in [3.8, 4) is 0 Å². The number of aromatic carboxylic acids is 1. The predicted molar refractivity (Wildman–Crippen MR) is 324 cm³/mol. The lowest BCUT2D eigenvalue weighted by atomic mass is 10.2. The summed E-state index contributed by atoms with van der Waals surface area (Å²) in [5.41, 5.74) is 9.55. The first-order valence-corrected chi connectivity index (χ1v) is 26.1. The average molecular weight is 1190 g/mol. The number of urea groups is 3. The van der Waals surface area contributed by atoms with Gasteiger partial charge in [-0.3, -0.25) is 35.1 Å². The second-order valence-corrected chi connectivity index (χ2v) is 18.0. The van der Waals surface area contributed by atoms with Gasteiger partial charge in [0.2, 0.25) is 0 Å². The molecule has 26 heteroatoms. The first kappa shape index (κ1) is 62.9. The number of hydrogen-bond donors (Lipinski definition) is 12. The normalized spacial score (nSPS) is 9.95. The fraction of sp³-hybridized carbons (Fsp3) is 0.140. The van der Waals surface area contributed by atoms with Crippen LogP contribution in [0.5, 0.6) is 0 Å². The number of carbonyl (C=O) groups excluding carboxylic acids is 5. The highest BCUT2D eigenvalue weighted by Crippen LogP contribution is 2.26. The topological polar surface area (TPSA) is 352 Å². The van der Waals surface area contributed by atoms with Crippen molar-refractivity contribution < 1.29 is 33.9 Å². The zero-order valence-electron chi connectivity index (χ0n) is 45.6. The lowest BCUT2D eigenvalue weighted by Crippen LogP contribution is -2.28. The molecule has 0 bridgehead atoms. The summed E-state index contributed by atoms with van der Waals surface area (Å²) in [4.78, 5) is 105. The fourth-order valence-corrected chi connectivity index (χ4v) is 7.09. The van der Waals surface area contributed by atoms with Gasteiger partial charge in [-0.2, -0.15) is 0 Å². The predicted octanol–water partition coefficient (Wildman–Crippen LogP) is 8.80. The third-order valence-corrected chi connectivity index (χ3v) is 11.3. The van der Waals surface area contributed by atoms with Crippen molar-refractivity contribution in [3.63, 3.8) is 0 Å². The largest absolute Gasteiger partial charge is 0.478 e. The van der Waals surface area contributed by atoms with Crippen molar-refractivity contribution in [2.75, 3.05) is 56.9 Å². The molecule has 0 unspecified atom stereocenters. The van der Waals surface area contributed by atoms with E-state index in [0.717, 1.165) is 21.5 Å². The smallest absolute Gasteiger partial charge is 0.339 e. The molecule has 0 fully saturated rings. The number of carboxylic acid groups (broad SMARTS) is 1. The second-order valence-electron chi connectivity index (χ2n) is 17.1. The van der Waals surface area contributed by atoms with Gasteiger partial charge >= 0.3 is 24.1 Å². The highest BCUT2D eigenvalue weighted by Gasteiger charge is 2.17. The summed E-state index contributed by atoms with van der Waals surface area (Å²) in [6.07, 6.45) is 7.18. The van der Waals surface area contributed by atoms with E-state index in [0.29, 0.717) is 48.2 Å². The number of nitrogens with one attached hydrogen (secondary N) is 10. The number of nitrogens with zero attached hydrogens (tertiary/aromatic N) is 5. The van der Waals surface area contributed by atoms with Gasteiger partial charge in [0.15, 0.2) is 0 Å². The molecular weight excluding hydrogens is 1130 g/mol. The Balaban J connectivity index is 0.000000215. The van der Waals surface area contributed by atoms with E-state index in [1.54, 1.807) is 58.5 Å². The molecule has 0 atom stereocenters. The number of para-hydroxylation sites is 3. The van der Waals surface area contributed by atoms with E-state index in [-0.39, 0.29) is 45.5 Å². The number of aryl methyl sites for hydroxylation is 2. The Morgan fingerprint density at radius 1 is 0.482 bits per heavy atom. The van der Waals surface area contributed by atoms with E-state index >= 15 is 0 Å². The third kappa shape index (κ3) is 21.0. The van der Waals surface area contributed by atoms with Crippen molar-refractivity contribution in [1.29, 1.82) is 0 Å². The third-order valence-electron chi connectivity index (χ3n) is 10.8. The van der Waals surface area contributed by atoms with E-state index in [2.05, 4.69) is 84.0 Å². The minimum Gasteiger partial charge on any atom is -0.478 e. The van der Waals surface area contributed by atoms with Gasteiger partial charge in [-0.25, -0.2) is 34.1 Å². The number of rotatable bonds is 16. The fourth-order valence-electron chi connectivity index (χ4n) is 6.77. The SMILES string of the molecule is CCNC(=O)Nc1cc(Nc2ccccc2)c(C(=O)Nc2ccn(C)c(=O)c2)cn1.CCNC(=O)Nc1cc(Nc2ccccc2)c(C(=O)O)cn1.CCNC(=O)Nc1cc(Nc2ccccc2)c(C(N)=O)cn1.Cn1ccc(Br)cc1=O. The van der Waals surface area contributed by atoms with Gasteiger partial charge < -0.3 is 57.2 Å². The number of benzene rings is 3. The summed E-state index contributed by atoms with van der Waals surface area (Å²) in [5, 5.41) is 36.7. The number of aromatic nitrogens is 5. The van der Waals surface area contributed by atoms with Crippen LogP contribution in [0.15, 0.2) is 179 Å². The van der Waals surface area contributed by atoms with Gasteiger partial charge in [-0.1, -0.05) is 70.5 Å². The van der Waals surface area contributed by atoms with Crippen molar-refractivity contribution in [1.82, 2.24) is 40.0 Å². The van der Waals surface area contributed by atoms with Gasteiger partial charge in [0, 0.05) is 122 Å². The molecule has 0 saturated carbocycles. The molecule has 0 aliphatic rings. The maximum absolute atomic E-state index is 12.9. The zero-order chi connectivity index (χ0) is 60.3. The number of amides is 8. The number of primary amides is 1. The maximum Gasteiger partial charge on any atom is 0.339 e. The van der Waals surface area contributed by atoms with Gasteiger partial charge in [0.1, 0.15) is 23.0 Å². The molecule has 0 radical (unpaired) electrons. The van der Waals surface area contributed by atoms with Crippen LogP contribution in [0.25, 0.3) is 0 Å². The van der Waals surface area contributed by atoms with Crippen LogP contribution in [0.1, 0.15) is 51.8 Å². The summed E-state index contributed by atoms with van der Waals surface area (Å²) in [5.74, 6) is -1.29. The highest BCUT2D eigenvalue weighted by molar-refractivity contribution is 9.10. The molecule has 13 N–H and O–H groups in total. The number of halogens is 1. The molecule has 0 spiro atoms. The minimum atomic E-state index is -1.10. The van der Waals surface area contributed by atoms with E-state index in [9.17, 15) is 43.5 Å². The van der Waals surface area contributed by atoms with E-state index < -0.39 is 29.8 Å². The highest BCUT2D eigenvalue weighted by atomic mass is 79.9. The molecular formula is C57H61BrN16O9. The molecule has 0 aliphatic carbocycles. The van der Waals surface area contributed by atoms with Crippen LogP contribution in [-0.2, 0) is 14.1 Å². The van der Waals surface area contributed by atoms with Gasteiger partial charge in [-0.15, -0.1) is 0 Å². The molecule has 0 saturated heterocycles. The van der Waals surface area contributed by atoms with Crippen LogP contribution in [0.2, 0.25) is 0 Å². The Hall–Kier alpha value is -10.9. The summed E-state index contributed by atoms with van der Waals surface area (Å²) in [6.45, 7) is 6.86. The minimum absolute atomic E-state index is 0.00405. The summed E-state index contributed by atoms with van der Waals surface area (Å²) >= 11 is 3.18. The monoisotopic (exact) mass is 1190 g/mol. The van der Waals surface area contributed by atoms with Gasteiger partial charge in [0.05, 0.1) is 28.2 Å². The number of anilines is 10. The maximum atomic E-state index is 12.9. The van der Waals surface area contributed by atoms with E-state index in [1.807, 2.05) is 104 Å². The van der Waals surface area contributed by atoms with Crippen LogP contribution >= 0.6 is 15.9 Å². The van der Waals surface area contributed by atoms with Crippen molar-refractivity contribution in [2.24, 2.45) is 19.8 Å². The Labute approximate surface area is 484 Å². The number of carboxylic acids is 1. The first-order valence-electron chi connectivity index (χ1n) is 25.3. The van der Waals surface area contributed by atoms with Crippen molar-refractivity contribution >= 4 is 109 Å². The summed E-state index contributed by atoms with van der Waals surface area (Å²) in [6, 6.07) is 37.5. The molecule has 430 valence electrons. The molecule has 8 amide bonds. The van der Waals surface area contributed by atoms with Crippen molar-refractivity contribution in [2.45, 2.75) is 20.8 Å². The standard InChI is InChI=1S/C21H22N6O3.C15H17N5O2.C15H16N4O3.C6H6BrNO/c1-3-22-21(30)26-18-12-17(24-14-7-5-4-6-8-14)16(13-23-18)20(29)25-15-9-10-27(2)19(28)11-15;1-2-17-15(22)20-13-8-12(11(9-18-13)14(16)21)19-10-6-4-3-5-7-10;1-2-16-15(22)19-13-8-12(11(9-17-13)14(20)21)18-10-6-4-3-5-7-10;1-8-3-2-5(7)4-6(8)9/h4-13H,3H2,1-2H3,(H,25,29)(H3,22,23,24,26,30);3-9H,2H2,1H3,(H2,16,21)(H3,17,18,19,20,22);3-9H,2H2,1H3,(H,20,21)(H3,16,17,18,19,22);2-4H,1H3. The van der Waals surface area contributed by atoms with Crippen LogP contribution in [0.4, 0.5) is 71.6 Å². The summed E-state index contributed by atoms with van der Waals surface area (Å²) in [7, 11) is 3.34. The summed E-state index contributed by atoms with van der Waals surface area (Å²) < 4.78 is 3.75. The molecule has 3 aromatic carbocycles. The first-order chi connectivity index (χ1) is 39.8. The number of carbonyl (C=O) groups is 6. The Morgan fingerprint density at radius 3 is 1.20 bits per heavy atom. The Morgan fingerprint density at radius 2 is 0.843 bits per heavy atom. The van der Waals surface area contributed by atoms with Crippen LogP contribution in [-0.4, -0.2) is 84.7 Å². The molecule has 83 heavy (non-hydrogen) atoms. The molecule has 5 aromatic heterocycles. The van der Waals surface area contributed by atoms with Gasteiger partial charge in [0.25, 0.3) is 22.9 Å². The zero-order valence-corrected chi connectivity index (χ0v) is 47.2. The van der Waals surface area contributed by atoms with E-state index in [1.165, 1.54) is 45.9 Å².